The molecule has 0 aromatic carbocycles. The number of nitrogens with two attached hydrogens (primary N) is 1. The van der Waals surface area contributed by atoms with Crippen molar-refractivity contribution in [3.05, 3.63) is 12.7 Å². The summed E-state index contributed by atoms with van der Waals surface area (Å²) in [5, 5.41) is 0. The molecule has 0 spiro atoms. The van der Waals surface area contributed by atoms with Gasteiger partial charge in [-0.25, -0.2) is 0 Å². The first-order valence-electron chi connectivity index (χ1n) is 7.51. The Kier molecular flexibility index (Phi) is 9.17. The summed E-state index contributed by atoms with van der Waals surface area (Å²) in [5.41, 5.74) is 5.46. The Balaban J connectivity index is 1.96. The van der Waals surface area contributed by atoms with Gasteiger partial charge in [0.1, 0.15) is 0 Å². The van der Waals surface area contributed by atoms with E-state index in [1.54, 1.807) is 0 Å². The van der Waals surface area contributed by atoms with E-state index in [-0.39, 0.29) is 0 Å². The van der Waals surface area contributed by atoms with Crippen LogP contribution in [0.4, 0.5) is 0 Å². The van der Waals surface area contributed by atoms with Crippen LogP contribution >= 0.6 is 0 Å². The smallest absolute Gasteiger partial charge is 0.0599 e. The minimum absolute atomic E-state index is 0.480. The molecule has 1 rings (SSSR count). The number of unbranched alkanes of at least 4 members (excludes halogenated alkanes) is 3. The van der Waals surface area contributed by atoms with Crippen LogP contribution in [0.15, 0.2) is 12.7 Å². The molecule has 0 amide bonds. The molecule has 1 aliphatic heterocycles. The first-order chi connectivity index (χ1) is 8.86. The molecule has 1 saturated heterocycles. The second-order valence-electron chi connectivity index (χ2n) is 5.19. The Hall–Kier alpha value is -0.380. The molecule has 0 aliphatic carbocycles. The number of allylic oxidation sites excluding steroid dienone is 1. The van der Waals surface area contributed by atoms with Crippen molar-refractivity contribution in [1.29, 1.82) is 0 Å². The van der Waals surface area contributed by atoms with Crippen molar-refractivity contribution in [2.24, 2.45) is 5.73 Å². The number of likely N-dealkylation sites (tertiary alicyclic amines) is 1. The molecule has 1 heterocycles. The molecule has 0 aromatic rings. The van der Waals surface area contributed by atoms with Crippen LogP contribution in [0.2, 0.25) is 0 Å². The van der Waals surface area contributed by atoms with Gasteiger partial charge in [-0.1, -0.05) is 12.5 Å². The van der Waals surface area contributed by atoms with Gasteiger partial charge in [-0.05, 0) is 51.6 Å². The summed E-state index contributed by atoms with van der Waals surface area (Å²) in [6.07, 6.45) is 11.0. The van der Waals surface area contributed by atoms with E-state index in [1.165, 1.54) is 51.7 Å². The van der Waals surface area contributed by atoms with Crippen molar-refractivity contribution >= 4 is 0 Å². The van der Waals surface area contributed by atoms with Crippen molar-refractivity contribution in [2.45, 2.75) is 51.0 Å². The Morgan fingerprint density at radius 2 is 1.94 bits per heavy atom. The summed E-state index contributed by atoms with van der Waals surface area (Å²) in [5.74, 6) is 0. The third kappa shape index (κ3) is 7.14. The minimum Gasteiger partial charge on any atom is -0.378 e. The molecule has 18 heavy (non-hydrogen) atoms. The number of ether oxygens (including phenoxy) is 1. The number of hydrogen-bond donors (Lipinski definition) is 1. The SMILES string of the molecule is C=CCCCCCN1CCC(OCCCN)CC1. The largest absolute Gasteiger partial charge is 0.378 e. The molecule has 0 bridgehead atoms. The molecule has 1 aliphatic rings. The molecule has 3 heteroatoms. The second-order valence-corrected chi connectivity index (χ2v) is 5.19. The molecule has 106 valence electrons. The van der Waals surface area contributed by atoms with Gasteiger partial charge >= 0.3 is 0 Å². The summed E-state index contributed by atoms with van der Waals surface area (Å²) in [6.45, 7) is 8.99. The Bertz CT molecular complexity index is 201. The zero-order valence-corrected chi connectivity index (χ0v) is 11.8. The van der Waals surface area contributed by atoms with Crippen LogP contribution in [-0.4, -0.2) is 43.8 Å². The highest BCUT2D eigenvalue weighted by Crippen LogP contribution is 2.14. The average Bonchev–Trinajstić information content (AvgIpc) is 2.40. The maximum Gasteiger partial charge on any atom is 0.0599 e. The molecule has 2 N–H and O–H groups in total. The van der Waals surface area contributed by atoms with E-state index in [1.807, 2.05) is 6.08 Å². The van der Waals surface area contributed by atoms with Crippen LogP contribution in [0.5, 0.6) is 0 Å². The summed E-state index contributed by atoms with van der Waals surface area (Å²) in [4.78, 5) is 2.58. The van der Waals surface area contributed by atoms with Gasteiger partial charge in [-0.15, -0.1) is 6.58 Å². The predicted molar refractivity (Wildman–Crippen MR) is 77.8 cm³/mol. The zero-order valence-electron chi connectivity index (χ0n) is 11.8. The lowest BCUT2D eigenvalue weighted by Gasteiger charge is -2.31. The van der Waals surface area contributed by atoms with E-state index in [9.17, 15) is 0 Å². The normalized spacial score (nSPS) is 18.1. The van der Waals surface area contributed by atoms with Crippen LogP contribution in [0, 0.1) is 0 Å². The lowest BCUT2D eigenvalue weighted by molar-refractivity contribution is 0.00701. The molecule has 0 saturated carbocycles. The number of rotatable bonds is 10. The van der Waals surface area contributed by atoms with Crippen molar-refractivity contribution in [3.63, 3.8) is 0 Å². The topological polar surface area (TPSA) is 38.5 Å². The van der Waals surface area contributed by atoms with E-state index >= 15 is 0 Å². The van der Waals surface area contributed by atoms with Crippen LogP contribution in [0.3, 0.4) is 0 Å². The first kappa shape index (κ1) is 15.7. The highest BCUT2D eigenvalue weighted by Gasteiger charge is 2.18. The van der Waals surface area contributed by atoms with Crippen LogP contribution in [0.1, 0.15) is 44.9 Å². The third-order valence-corrected chi connectivity index (χ3v) is 3.62. The van der Waals surface area contributed by atoms with Crippen molar-refractivity contribution in [2.75, 3.05) is 32.8 Å². The van der Waals surface area contributed by atoms with E-state index < -0.39 is 0 Å². The maximum absolute atomic E-state index is 5.81. The Morgan fingerprint density at radius 1 is 1.17 bits per heavy atom. The molecule has 3 nitrogen and oxygen atoms in total. The molecular weight excluding hydrogens is 224 g/mol. The second kappa shape index (κ2) is 10.5. The summed E-state index contributed by atoms with van der Waals surface area (Å²) in [6, 6.07) is 0. The summed E-state index contributed by atoms with van der Waals surface area (Å²) in [7, 11) is 0. The number of piperidine rings is 1. The fourth-order valence-electron chi connectivity index (χ4n) is 2.43. The summed E-state index contributed by atoms with van der Waals surface area (Å²) >= 11 is 0. The molecule has 0 atom stereocenters. The van der Waals surface area contributed by atoms with Crippen LogP contribution < -0.4 is 5.73 Å². The lowest BCUT2D eigenvalue weighted by atomic mass is 10.1. The van der Waals surface area contributed by atoms with E-state index in [2.05, 4.69) is 11.5 Å². The van der Waals surface area contributed by atoms with Gasteiger partial charge in [0.05, 0.1) is 6.10 Å². The molecule has 0 unspecified atom stereocenters. The fraction of sp³-hybridized carbons (Fsp3) is 0.867. The summed E-state index contributed by atoms with van der Waals surface area (Å²) < 4.78 is 5.81. The van der Waals surface area contributed by atoms with Gasteiger partial charge in [0.2, 0.25) is 0 Å². The first-order valence-corrected chi connectivity index (χ1v) is 7.51. The van der Waals surface area contributed by atoms with Gasteiger partial charge in [0, 0.05) is 19.7 Å². The van der Waals surface area contributed by atoms with Gasteiger partial charge in [-0.3, -0.25) is 0 Å². The zero-order chi connectivity index (χ0) is 13.1. The van der Waals surface area contributed by atoms with Gasteiger partial charge < -0.3 is 15.4 Å². The molecule has 0 aromatic heterocycles. The minimum atomic E-state index is 0.480. The van der Waals surface area contributed by atoms with Gasteiger partial charge in [-0.2, -0.15) is 0 Å². The Labute approximate surface area is 112 Å². The molecular formula is C15H30N2O. The standard InChI is InChI=1S/C15H30N2O/c1-2-3-4-5-6-11-17-12-8-15(9-13-17)18-14-7-10-16/h2,15H,1,3-14,16H2. The fourth-order valence-corrected chi connectivity index (χ4v) is 2.43. The highest BCUT2D eigenvalue weighted by molar-refractivity contribution is 4.73. The Morgan fingerprint density at radius 3 is 2.61 bits per heavy atom. The number of nitrogens with zero attached hydrogens (tertiary/aromatic N) is 1. The monoisotopic (exact) mass is 254 g/mol. The highest BCUT2D eigenvalue weighted by atomic mass is 16.5. The van der Waals surface area contributed by atoms with Crippen LogP contribution in [-0.2, 0) is 4.74 Å². The third-order valence-electron chi connectivity index (χ3n) is 3.62. The average molecular weight is 254 g/mol. The van der Waals surface area contributed by atoms with E-state index in [0.717, 1.165) is 26.0 Å². The quantitative estimate of drug-likeness (QED) is 0.481. The van der Waals surface area contributed by atoms with Crippen molar-refractivity contribution in [1.82, 2.24) is 4.90 Å². The molecule has 1 fully saturated rings. The van der Waals surface area contributed by atoms with E-state index in [4.69, 9.17) is 10.5 Å². The maximum atomic E-state index is 5.81. The van der Waals surface area contributed by atoms with E-state index in [0.29, 0.717) is 6.10 Å². The van der Waals surface area contributed by atoms with Crippen LogP contribution in [0.25, 0.3) is 0 Å². The van der Waals surface area contributed by atoms with Gasteiger partial charge in [0.25, 0.3) is 0 Å². The lowest BCUT2D eigenvalue weighted by Crippen LogP contribution is -2.37. The molecule has 0 radical (unpaired) electrons. The van der Waals surface area contributed by atoms with Gasteiger partial charge in [0.15, 0.2) is 0 Å². The number of hydrogen-bond acceptors (Lipinski definition) is 3. The van der Waals surface area contributed by atoms with Crippen molar-refractivity contribution in [3.8, 4) is 0 Å². The predicted octanol–water partition coefficient (Wildman–Crippen LogP) is 2.56. The van der Waals surface area contributed by atoms with Crippen molar-refractivity contribution < 1.29 is 4.74 Å².